The van der Waals surface area contributed by atoms with Crippen LogP contribution in [0.4, 0.5) is 0 Å². The highest BCUT2D eigenvalue weighted by Gasteiger charge is 2.26. The van der Waals surface area contributed by atoms with Gasteiger partial charge in [-0.25, -0.2) is 0 Å². The lowest BCUT2D eigenvalue weighted by atomic mass is 10.0. The van der Waals surface area contributed by atoms with Crippen LogP contribution in [0.1, 0.15) is 50.5 Å². The smallest absolute Gasteiger partial charge is 0.0784 e. The number of aromatic nitrogens is 2. The molecule has 1 aromatic heterocycles. The number of hydrogen-bond donors (Lipinski definition) is 1. The molecule has 2 unspecified atom stereocenters. The summed E-state index contributed by atoms with van der Waals surface area (Å²) >= 11 is 0. The zero-order valence-electron chi connectivity index (χ0n) is 12.4. The predicted octanol–water partition coefficient (Wildman–Crippen LogP) is 2.31. The summed E-state index contributed by atoms with van der Waals surface area (Å²) in [5, 5.41) is 3.52. The van der Waals surface area contributed by atoms with E-state index in [0.717, 1.165) is 31.0 Å². The first kappa shape index (κ1) is 14.4. The van der Waals surface area contributed by atoms with Gasteiger partial charge in [-0.3, -0.25) is 14.9 Å². The molecule has 4 nitrogen and oxygen atoms in total. The maximum absolute atomic E-state index is 4.55. The molecule has 0 spiro atoms. The van der Waals surface area contributed by atoms with E-state index in [2.05, 4.69) is 41.0 Å². The molecule has 0 aromatic carbocycles. The number of nitrogens with one attached hydrogen (secondary N) is 1. The Kier molecular flexibility index (Phi) is 5.28. The van der Waals surface area contributed by atoms with Crippen LogP contribution < -0.4 is 5.32 Å². The van der Waals surface area contributed by atoms with E-state index in [1.807, 2.05) is 6.20 Å². The maximum atomic E-state index is 4.55. The summed E-state index contributed by atoms with van der Waals surface area (Å²) in [5.74, 6) is 0. The SMILES string of the molecule is CCCN(C1CCCNC1)C(C)c1nccnc1C. The first-order valence-electron chi connectivity index (χ1n) is 7.48. The third kappa shape index (κ3) is 3.51. The van der Waals surface area contributed by atoms with Gasteiger partial charge in [0.1, 0.15) is 0 Å². The average molecular weight is 262 g/mol. The first-order valence-corrected chi connectivity index (χ1v) is 7.48. The van der Waals surface area contributed by atoms with Crippen molar-refractivity contribution in [3.8, 4) is 0 Å². The number of nitrogens with zero attached hydrogens (tertiary/aromatic N) is 3. The van der Waals surface area contributed by atoms with Gasteiger partial charge >= 0.3 is 0 Å². The van der Waals surface area contributed by atoms with Crippen molar-refractivity contribution in [2.24, 2.45) is 0 Å². The van der Waals surface area contributed by atoms with Crippen LogP contribution in [0.15, 0.2) is 12.4 Å². The largest absolute Gasteiger partial charge is 0.315 e. The minimum absolute atomic E-state index is 0.346. The second kappa shape index (κ2) is 6.96. The molecule has 106 valence electrons. The fraction of sp³-hybridized carbons (Fsp3) is 0.733. The molecule has 2 heterocycles. The summed E-state index contributed by atoms with van der Waals surface area (Å²) in [5.41, 5.74) is 2.18. The predicted molar refractivity (Wildman–Crippen MR) is 78.1 cm³/mol. The third-order valence-electron chi connectivity index (χ3n) is 4.03. The molecule has 0 amide bonds. The Morgan fingerprint density at radius 1 is 1.42 bits per heavy atom. The van der Waals surface area contributed by atoms with Crippen LogP contribution in [0.3, 0.4) is 0 Å². The van der Waals surface area contributed by atoms with Crippen molar-refractivity contribution in [1.82, 2.24) is 20.2 Å². The van der Waals surface area contributed by atoms with E-state index in [4.69, 9.17) is 0 Å². The Bertz CT molecular complexity index is 387. The van der Waals surface area contributed by atoms with E-state index < -0.39 is 0 Å². The summed E-state index contributed by atoms with van der Waals surface area (Å²) in [6.45, 7) is 9.96. The van der Waals surface area contributed by atoms with Gasteiger partial charge in [-0.15, -0.1) is 0 Å². The Morgan fingerprint density at radius 2 is 2.21 bits per heavy atom. The molecule has 2 atom stereocenters. The molecule has 1 aliphatic rings. The van der Waals surface area contributed by atoms with E-state index in [0.29, 0.717) is 12.1 Å². The van der Waals surface area contributed by atoms with E-state index >= 15 is 0 Å². The van der Waals surface area contributed by atoms with Gasteiger partial charge in [-0.2, -0.15) is 0 Å². The van der Waals surface area contributed by atoms with Gasteiger partial charge in [0.15, 0.2) is 0 Å². The monoisotopic (exact) mass is 262 g/mol. The van der Waals surface area contributed by atoms with Crippen LogP contribution in [0.5, 0.6) is 0 Å². The molecule has 0 radical (unpaired) electrons. The van der Waals surface area contributed by atoms with Crippen molar-refractivity contribution in [3.05, 3.63) is 23.8 Å². The summed E-state index contributed by atoms with van der Waals surface area (Å²) in [6, 6.07) is 0.976. The van der Waals surface area contributed by atoms with Crippen LogP contribution in [-0.2, 0) is 0 Å². The van der Waals surface area contributed by atoms with Crippen LogP contribution in [0.2, 0.25) is 0 Å². The summed E-state index contributed by atoms with van der Waals surface area (Å²) in [6.07, 6.45) is 7.33. The second-order valence-electron chi connectivity index (χ2n) is 5.44. The minimum Gasteiger partial charge on any atom is -0.315 e. The average Bonchev–Trinajstić information content (AvgIpc) is 2.45. The van der Waals surface area contributed by atoms with Gasteiger partial charge in [0.25, 0.3) is 0 Å². The lowest BCUT2D eigenvalue weighted by Crippen LogP contribution is -2.47. The van der Waals surface area contributed by atoms with Gasteiger partial charge < -0.3 is 5.32 Å². The number of piperidine rings is 1. The Labute approximate surface area is 116 Å². The lowest BCUT2D eigenvalue weighted by molar-refractivity contribution is 0.118. The molecular weight excluding hydrogens is 236 g/mol. The van der Waals surface area contributed by atoms with Gasteiger partial charge in [-0.05, 0) is 46.2 Å². The standard InChI is InChI=1S/C15H26N4/c1-4-10-19(14-6-5-7-16-11-14)13(3)15-12(2)17-8-9-18-15/h8-9,13-14,16H,4-7,10-11H2,1-3H3. The zero-order chi connectivity index (χ0) is 13.7. The zero-order valence-corrected chi connectivity index (χ0v) is 12.4. The summed E-state index contributed by atoms with van der Waals surface area (Å²) < 4.78 is 0. The van der Waals surface area contributed by atoms with Crippen molar-refractivity contribution in [2.45, 2.75) is 52.1 Å². The number of aryl methyl sites for hydroxylation is 1. The van der Waals surface area contributed by atoms with Crippen molar-refractivity contribution < 1.29 is 0 Å². The Balaban J connectivity index is 2.15. The molecule has 0 bridgehead atoms. The van der Waals surface area contributed by atoms with E-state index in [9.17, 15) is 0 Å². The Hall–Kier alpha value is -1.00. The third-order valence-corrected chi connectivity index (χ3v) is 4.03. The molecule has 0 saturated carbocycles. The highest BCUT2D eigenvalue weighted by Crippen LogP contribution is 2.25. The van der Waals surface area contributed by atoms with Crippen LogP contribution in [0.25, 0.3) is 0 Å². The highest BCUT2D eigenvalue weighted by atomic mass is 15.2. The molecule has 2 rings (SSSR count). The molecule has 0 aliphatic carbocycles. The second-order valence-corrected chi connectivity index (χ2v) is 5.44. The van der Waals surface area contributed by atoms with Gasteiger partial charge in [0.2, 0.25) is 0 Å². The fourth-order valence-electron chi connectivity index (χ4n) is 3.05. The van der Waals surface area contributed by atoms with E-state index in [-0.39, 0.29) is 0 Å². The fourth-order valence-corrected chi connectivity index (χ4v) is 3.05. The maximum Gasteiger partial charge on any atom is 0.0784 e. The summed E-state index contributed by atoms with van der Waals surface area (Å²) in [7, 11) is 0. The number of hydrogen-bond acceptors (Lipinski definition) is 4. The van der Waals surface area contributed by atoms with Crippen LogP contribution in [-0.4, -0.2) is 40.5 Å². The molecule has 1 fully saturated rings. The molecule has 19 heavy (non-hydrogen) atoms. The van der Waals surface area contributed by atoms with Crippen molar-refractivity contribution >= 4 is 0 Å². The van der Waals surface area contributed by atoms with Crippen LogP contribution >= 0.6 is 0 Å². The molecule has 1 N–H and O–H groups in total. The van der Waals surface area contributed by atoms with Gasteiger partial charge in [0, 0.05) is 25.0 Å². The molecular formula is C15H26N4. The molecule has 4 heteroatoms. The van der Waals surface area contributed by atoms with Crippen molar-refractivity contribution in [1.29, 1.82) is 0 Å². The number of rotatable bonds is 5. The topological polar surface area (TPSA) is 41.0 Å². The summed E-state index contributed by atoms with van der Waals surface area (Å²) in [4.78, 5) is 11.5. The highest BCUT2D eigenvalue weighted by molar-refractivity contribution is 5.13. The first-order chi connectivity index (χ1) is 9.24. The van der Waals surface area contributed by atoms with Crippen LogP contribution in [0, 0.1) is 6.92 Å². The van der Waals surface area contributed by atoms with Gasteiger partial charge in [-0.1, -0.05) is 6.92 Å². The normalized spacial score (nSPS) is 21.6. The molecule has 1 aliphatic heterocycles. The minimum atomic E-state index is 0.346. The van der Waals surface area contributed by atoms with E-state index in [1.165, 1.54) is 19.3 Å². The van der Waals surface area contributed by atoms with Crippen molar-refractivity contribution in [2.75, 3.05) is 19.6 Å². The van der Waals surface area contributed by atoms with Gasteiger partial charge in [0.05, 0.1) is 17.4 Å². The molecule has 1 aromatic rings. The lowest BCUT2D eigenvalue weighted by Gasteiger charge is -2.38. The van der Waals surface area contributed by atoms with Crippen molar-refractivity contribution in [3.63, 3.8) is 0 Å². The van der Waals surface area contributed by atoms with E-state index in [1.54, 1.807) is 6.20 Å². The quantitative estimate of drug-likeness (QED) is 0.884. The Morgan fingerprint density at radius 3 is 2.84 bits per heavy atom. The molecule has 1 saturated heterocycles.